The van der Waals surface area contributed by atoms with Gasteiger partial charge in [-0.3, -0.25) is 9.69 Å². The zero-order valence-electron chi connectivity index (χ0n) is 17.7. The number of fused-ring (bicyclic) bond motifs is 1. The summed E-state index contributed by atoms with van der Waals surface area (Å²) in [4.78, 5) is 21.8. The Morgan fingerprint density at radius 1 is 1.03 bits per heavy atom. The van der Waals surface area contributed by atoms with Crippen molar-refractivity contribution in [1.29, 1.82) is 0 Å². The largest absolute Gasteiger partial charge is 0.384 e. The van der Waals surface area contributed by atoms with Crippen LogP contribution in [-0.2, 0) is 24.2 Å². The second-order valence-electron chi connectivity index (χ2n) is 9.59. The Kier molecular flexibility index (Phi) is 5.23. The molecule has 1 aromatic heterocycles. The maximum Gasteiger partial charge on any atom is 0.225 e. The Hall–Kier alpha value is -2.40. The van der Waals surface area contributed by atoms with E-state index < -0.39 is 0 Å². The van der Waals surface area contributed by atoms with Crippen LogP contribution in [0.25, 0.3) is 0 Å². The first-order valence-corrected chi connectivity index (χ1v) is 11.4. The van der Waals surface area contributed by atoms with Crippen molar-refractivity contribution in [1.82, 2.24) is 14.8 Å². The van der Waals surface area contributed by atoms with Gasteiger partial charge in [0.05, 0.1) is 0 Å². The SMILES string of the molecule is Nc1cc(CN2CCC(C(=O)N3CCC4(CC3)Cc3ccccc3C4)CC2)ccn1. The second-order valence-corrected chi connectivity index (χ2v) is 9.59. The Labute approximate surface area is 179 Å². The molecule has 30 heavy (non-hydrogen) atoms. The highest BCUT2D eigenvalue weighted by molar-refractivity contribution is 5.79. The summed E-state index contributed by atoms with van der Waals surface area (Å²) >= 11 is 0. The van der Waals surface area contributed by atoms with Gasteiger partial charge in [0.2, 0.25) is 5.91 Å². The molecule has 2 aliphatic heterocycles. The summed E-state index contributed by atoms with van der Waals surface area (Å²) in [5, 5.41) is 0. The average Bonchev–Trinajstić information content (AvgIpc) is 3.12. The summed E-state index contributed by atoms with van der Waals surface area (Å²) in [7, 11) is 0. The van der Waals surface area contributed by atoms with Gasteiger partial charge >= 0.3 is 0 Å². The van der Waals surface area contributed by atoms with E-state index in [1.807, 2.05) is 12.1 Å². The Morgan fingerprint density at radius 2 is 1.70 bits per heavy atom. The van der Waals surface area contributed by atoms with Crippen LogP contribution < -0.4 is 5.73 Å². The van der Waals surface area contributed by atoms with Crippen LogP contribution in [-0.4, -0.2) is 46.9 Å². The summed E-state index contributed by atoms with van der Waals surface area (Å²) in [5.41, 5.74) is 10.5. The van der Waals surface area contributed by atoms with E-state index in [0.29, 0.717) is 17.1 Å². The molecule has 1 aromatic carbocycles. The van der Waals surface area contributed by atoms with Crippen LogP contribution in [0, 0.1) is 11.3 Å². The number of amides is 1. The minimum absolute atomic E-state index is 0.193. The van der Waals surface area contributed by atoms with Crippen LogP contribution in [0.4, 0.5) is 5.82 Å². The Morgan fingerprint density at radius 3 is 2.33 bits per heavy atom. The first kappa shape index (κ1) is 19.6. The number of anilines is 1. The first-order chi connectivity index (χ1) is 14.6. The van der Waals surface area contributed by atoms with Crippen LogP contribution >= 0.6 is 0 Å². The topological polar surface area (TPSA) is 62.5 Å². The van der Waals surface area contributed by atoms with Gasteiger partial charge in [-0.05, 0) is 85.9 Å². The van der Waals surface area contributed by atoms with Crippen LogP contribution in [0.15, 0.2) is 42.6 Å². The molecule has 0 unspecified atom stereocenters. The van der Waals surface area contributed by atoms with Crippen LogP contribution in [0.2, 0.25) is 0 Å². The third kappa shape index (κ3) is 3.95. The van der Waals surface area contributed by atoms with Gasteiger partial charge < -0.3 is 10.6 Å². The molecule has 158 valence electrons. The Bertz CT molecular complexity index is 884. The molecule has 2 aromatic rings. The van der Waals surface area contributed by atoms with Gasteiger partial charge in [-0.25, -0.2) is 4.98 Å². The molecule has 2 fully saturated rings. The van der Waals surface area contributed by atoms with Crippen molar-refractivity contribution in [3.63, 3.8) is 0 Å². The van der Waals surface area contributed by atoms with E-state index in [1.54, 1.807) is 6.20 Å². The Balaban J connectivity index is 1.11. The summed E-state index contributed by atoms with van der Waals surface area (Å²) < 4.78 is 0. The standard InChI is InChI=1S/C25H32N4O/c26-23-15-19(5-10-27-23)18-28-11-6-20(7-12-28)24(30)29-13-8-25(9-14-29)16-21-3-1-2-4-22(21)17-25/h1-5,10,15,20H,6-9,11-14,16-18H2,(H2,26,27). The van der Waals surface area contributed by atoms with Crippen LogP contribution in [0.3, 0.4) is 0 Å². The molecule has 2 saturated heterocycles. The predicted octanol–water partition coefficient (Wildman–Crippen LogP) is 3.28. The number of likely N-dealkylation sites (tertiary alicyclic amines) is 2. The molecule has 2 N–H and O–H groups in total. The van der Waals surface area contributed by atoms with Gasteiger partial charge in [0.25, 0.3) is 0 Å². The molecule has 0 saturated carbocycles. The lowest BCUT2D eigenvalue weighted by Gasteiger charge is -2.41. The van der Waals surface area contributed by atoms with E-state index in [1.165, 1.54) is 29.5 Å². The number of hydrogen-bond donors (Lipinski definition) is 1. The number of piperidine rings is 2. The maximum atomic E-state index is 13.2. The van der Waals surface area contributed by atoms with E-state index in [0.717, 1.165) is 58.4 Å². The van der Waals surface area contributed by atoms with Gasteiger partial charge in [0.1, 0.15) is 5.82 Å². The molecule has 1 amide bonds. The average molecular weight is 405 g/mol. The van der Waals surface area contributed by atoms with E-state index in [2.05, 4.69) is 39.0 Å². The minimum Gasteiger partial charge on any atom is -0.384 e. The molecule has 1 aliphatic carbocycles. The normalized spacial score (nSPS) is 21.7. The van der Waals surface area contributed by atoms with Crippen molar-refractivity contribution >= 4 is 11.7 Å². The van der Waals surface area contributed by atoms with Crippen LogP contribution in [0.1, 0.15) is 42.4 Å². The zero-order chi connectivity index (χ0) is 20.6. The number of carbonyl (C=O) groups is 1. The highest BCUT2D eigenvalue weighted by Crippen LogP contribution is 2.44. The molecule has 0 radical (unpaired) electrons. The number of nitrogen functional groups attached to an aromatic ring is 1. The quantitative estimate of drug-likeness (QED) is 0.853. The third-order valence-electron chi connectivity index (χ3n) is 7.57. The summed E-state index contributed by atoms with van der Waals surface area (Å²) in [6.07, 6.45) is 8.39. The highest BCUT2D eigenvalue weighted by atomic mass is 16.2. The molecule has 5 nitrogen and oxygen atoms in total. The molecule has 0 atom stereocenters. The summed E-state index contributed by atoms with van der Waals surface area (Å²) in [6.45, 7) is 4.71. The van der Waals surface area contributed by atoms with Gasteiger partial charge in [0, 0.05) is 31.7 Å². The number of rotatable bonds is 3. The molecule has 1 spiro atoms. The lowest BCUT2D eigenvalue weighted by atomic mass is 9.75. The fraction of sp³-hybridized carbons (Fsp3) is 0.520. The van der Waals surface area contributed by atoms with Crippen molar-refractivity contribution in [2.75, 3.05) is 31.9 Å². The van der Waals surface area contributed by atoms with Gasteiger partial charge in [-0.1, -0.05) is 24.3 Å². The number of nitrogens with zero attached hydrogens (tertiary/aromatic N) is 3. The van der Waals surface area contributed by atoms with Crippen molar-refractivity contribution in [2.45, 2.75) is 45.1 Å². The van der Waals surface area contributed by atoms with Crippen molar-refractivity contribution in [3.05, 3.63) is 59.3 Å². The number of pyridine rings is 1. The smallest absolute Gasteiger partial charge is 0.225 e. The van der Waals surface area contributed by atoms with Gasteiger partial charge in [-0.2, -0.15) is 0 Å². The van der Waals surface area contributed by atoms with Crippen molar-refractivity contribution in [2.24, 2.45) is 11.3 Å². The molecule has 5 heteroatoms. The lowest BCUT2D eigenvalue weighted by Crippen LogP contribution is -2.47. The van der Waals surface area contributed by atoms with E-state index in [4.69, 9.17) is 5.73 Å². The summed E-state index contributed by atoms with van der Waals surface area (Å²) in [6, 6.07) is 12.9. The number of nitrogens with two attached hydrogens (primary N) is 1. The maximum absolute atomic E-state index is 13.2. The van der Waals surface area contributed by atoms with E-state index in [-0.39, 0.29) is 5.92 Å². The van der Waals surface area contributed by atoms with Gasteiger partial charge in [-0.15, -0.1) is 0 Å². The van der Waals surface area contributed by atoms with Gasteiger partial charge in [0.15, 0.2) is 0 Å². The number of aromatic nitrogens is 1. The van der Waals surface area contributed by atoms with Crippen molar-refractivity contribution < 1.29 is 4.79 Å². The highest BCUT2D eigenvalue weighted by Gasteiger charge is 2.41. The molecule has 5 rings (SSSR count). The number of benzene rings is 1. The molecular formula is C25H32N4O. The molecule has 3 aliphatic rings. The van der Waals surface area contributed by atoms with E-state index in [9.17, 15) is 4.79 Å². The second kappa shape index (κ2) is 8.03. The monoisotopic (exact) mass is 404 g/mol. The fourth-order valence-electron chi connectivity index (χ4n) is 5.78. The molecule has 0 bridgehead atoms. The van der Waals surface area contributed by atoms with Crippen molar-refractivity contribution in [3.8, 4) is 0 Å². The molecular weight excluding hydrogens is 372 g/mol. The first-order valence-electron chi connectivity index (χ1n) is 11.4. The summed E-state index contributed by atoms with van der Waals surface area (Å²) in [5.74, 6) is 1.16. The minimum atomic E-state index is 0.193. The third-order valence-corrected chi connectivity index (χ3v) is 7.57. The molecule has 3 heterocycles. The lowest BCUT2D eigenvalue weighted by molar-refractivity contribution is -0.139. The zero-order valence-corrected chi connectivity index (χ0v) is 17.7. The predicted molar refractivity (Wildman–Crippen MR) is 119 cm³/mol. The number of hydrogen-bond acceptors (Lipinski definition) is 4. The fourth-order valence-corrected chi connectivity index (χ4v) is 5.78. The number of carbonyl (C=O) groups excluding carboxylic acids is 1. The van der Waals surface area contributed by atoms with Crippen LogP contribution in [0.5, 0.6) is 0 Å². The van der Waals surface area contributed by atoms with E-state index >= 15 is 0 Å².